The maximum atomic E-state index is 12.9. The number of allylic oxidation sites excluding steroid dienone is 1. The molecule has 0 saturated carbocycles. The molecule has 0 fully saturated rings. The first-order valence-electron chi connectivity index (χ1n) is 12.7. The Morgan fingerprint density at radius 3 is 2.81 bits per heavy atom. The highest BCUT2D eigenvalue weighted by atomic mass is 32.2. The molecule has 9 heteroatoms. The van der Waals surface area contributed by atoms with Crippen LogP contribution in [-0.2, 0) is 24.2 Å². The number of nitrogens with one attached hydrogen (secondary N) is 1. The molecule has 3 aromatic rings. The molecular weight excluding hydrogens is 502 g/mol. The van der Waals surface area contributed by atoms with Crippen LogP contribution in [0.4, 0.5) is 5.00 Å². The van der Waals surface area contributed by atoms with Crippen LogP contribution in [0, 0.1) is 25.2 Å². The zero-order valence-electron chi connectivity index (χ0n) is 21.7. The van der Waals surface area contributed by atoms with Crippen LogP contribution in [0.5, 0.6) is 5.75 Å². The molecule has 2 aromatic heterocycles. The van der Waals surface area contributed by atoms with Crippen molar-refractivity contribution in [3.05, 3.63) is 63.8 Å². The first kappa shape index (κ1) is 27.0. The third-order valence-corrected chi connectivity index (χ3v) is 8.60. The fourth-order valence-electron chi connectivity index (χ4n) is 4.60. The predicted molar refractivity (Wildman–Crippen MR) is 149 cm³/mol. The molecule has 2 heterocycles. The van der Waals surface area contributed by atoms with Crippen LogP contribution in [-0.4, -0.2) is 26.4 Å². The van der Waals surface area contributed by atoms with Crippen LogP contribution in [0.3, 0.4) is 0 Å². The minimum Gasteiger partial charge on any atom is -0.482 e. The molecule has 0 radical (unpaired) electrons. The summed E-state index contributed by atoms with van der Waals surface area (Å²) < 4.78 is 8.13. The highest BCUT2D eigenvalue weighted by Gasteiger charge is 2.23. The van der Waals surface area contributed by atoms with E-state index in [4.69, 9.17) is 4.74 Å². The number of fused-ring (bicyclic) bond motifs is 1. The van der Waals surface area contributed by atoms with E-state index in [2.05, 4.69) is 41.2 Å². The van der Waals surface area contributed by atoms with Crippen molar-refractivity contribution < 1.29 is 9.53 Å². The van der Waals surface area contributed by atoms with Crippen LogP contribution >= 0.6 is 23.1 Å². The summed E-state index contributed by atoms with van der Waals surface area (Å²) in [7, 11) is 0. The van der Waals surface area contributed by atoms with E-state index in [0.29, 0.717) is 28.1 Å². The van der Waals surface area contributed by atoms with Crippen molar-refractivity contribution >= 4 is 34.0 Å². The maximum absolute atomic E-state index is 12.9. The molecule has 0 saturated heterocycles. The standard InChI is InChI=1S/C28H33N5O2S2/c1-5-14-33-26(20(4)35-23-13-12-18(2)15-19(23)3)31-32-28(33)36-17-25(34)30-27-22(16-29)21-10-8-6-7-9-11-24(21)37-27/h5,12-13,15,20H,1,6-11,14,17H2,2-4H3,(H,30,34). The number of hydrogen-bond donors (Lipinski definition) is 1. The van der Waals surface area contributed by atoms with E-state index in [1.165, 1.54) is 35.0 Å². The second-order valence-electron chi connectivity index (χ2n) is 9.34. The Morgan fingerprint density at radius 1 is 1.30 bits per heavy atom. The molecule has 194 valence electrons. The number of amides is 1. The number of thioether (sulfide) groups is 1. The number of benzene rings is 1. The lowest BCUT2D eigenvalue weighted by Crippen LogP contribution is -2.15. The number of ether oxygens (including phenoxy) is 1. The normalized spacial score (nSPS) is 14.1. The number of rotatable bonds is 9. The SMILES string of the molecule is C=CCn1c(SCC(=O)Nc2sc3c(c2C#N)CCCCCC3)nnc1C(C)Oc1ccc(C)cc1C. The molecule has 37 heavy (non-hydrogen) atoms. The molecule has 1 atom stereocenters. The average molecular weight is 536 g/mol. The molecule has 4 rings (SSSR count). The van der Waals surface area contributed by atoms with Gasteiger partial charge in [-0.3, -0.25) is 9.36 Å². The third-order valence-electron chi connectivity index (χ3n) is 6.42. The van der Waals surface area contributed by atoms with Crippen LogP contribution in [0.15, 0.2) is 36.0 Å². The Labute approximate surface area is 226 Å². The molecule has 1 aliphatic carbocycles. The first-order valence-corrected chi connectivity index (χ1v) is 14.5. The van der Waals surface area contributed by atoms with Gasteiger partial charge >= 0.3 is 0 Å². The quantitative estimate of drug-likeness (QED) is 0.247. The largest absolute Gasteiger partial charge is 0.482 e. The van der Waals surface area contributed by atoms with Gasteiger partial charge in [-0.15, -0.1) is 28.1 Å². The van der Waals surface area contributed by atoms with Crippen LogP contribution < -0.4 is 10.1 Å². The topological polar surface area (TPSA) is 92.8 Å². The molecule has 1 unspecified atom stereocenters. The van der Waals surface area contributed by atoms with Crippen molar-refractivity contribution in [1.82, 2.24) is 14.8 Å². The van der Waals surface area contributed by atoms with Gasteiger partial charge < -0.3 is 10.1 Å². The van der Waals surface area contributed by atoms with E-state index in [1.807, 2.05) is 30.5 Å². The Balaban J connectivity index is 1.44. The summed E-state index contributed by atoms with van der Waals surface area (Å²) in [4.78, 5) is 14.1. The van der Waals surface area contributed by atoms with Gasteiger partial charge in [0, 0.05) is 11.4 Å². The van der Waals surface area contributed by atoms with E-state index >= 15 is 0 Å². The van der Waals surface area contributed by atoms with Gasteiger partial charge in [0.25, 0.3) is 0 Å². The third kappa shape index (κ3) is 6.43. The molecule has 1 amide bonds. The highest BCUT2D eigenvalue weighted by Crippen LogP contribution is 2.37. The molecule has 1 aliphatic rings. The van der Waals surface area contributed by atoms with Crippen molar-refractivity contribution in [2.75, 3.05) is 11.1 Å². The molecular formula is C28H33N5O2S2. The number of aromatic nitrogens is 3. The Kier molecular flexibility index (Phi) is 9.06. The molecule has 0 aliphatic heterocycles. The van der Waals surface area contributed by atoms with Gasteiger partial charge in [0.15, 0.2) is 17.1 Å². The number of hydrogen-bond acceptors (Lipinski definition) is 7. The monoisotopic (exact) mass is 535 g/mol. The van der Waals surface area contributed by atoms with Crippen molar-refractivity contribution in [3.63, 3.8) is 0 Å². The number of nitrogens with zero attached hydrogens (tertiary/aromatic N) is 4. The Bertz CT molecular complexity index is 1320. The number of carbonyl (C=O) groups excluding carboxylic acids is 1. The molecule has 1 N–H and O–H groups in total. The molecule has 0 spiro atoms. The summed E-state index contributed by atoms with van der Waals surface area (Å²) in [5.41, 5.74) is 4.00. The summed E-state index contributed by atoms with van der Waals surface area (Å²) in [5, 5.41) is 22.8. The minimum absolute atomic E-state index is 0.162. The van der Waals surface area contributed by atoms with E-state index in [-0.39, 0.29) is 17.8 Å². The lowest BCUT2D eigenvalue weighted by molar-refractivity contribution is -0.113. The Hall–Kier alpha value is -3.09. The fourth-order valence-corrected chi connectivity index (χ4v) is 6.61. The molecule has 0 bridgehead atoms. The van der Waals surface area contributed by atoms with Gasteiger partial charge in [-0.1, -0.05) is 48.4 Å². The molecule has 1 aromatic carbocycles. The fraction of sp³-hybridized carbons (Fsp3) is 0.429. The highest BCUT2D eigenvalue weighted by molar-refractivity contribution is 7.99. The van der Waals surface area contributed by atoms with Gasteiger partial charge in [-0.25, -0.2) is 0 Å². The van der Waals surface area contributed by atoms with Crippen molar-refractivity contribution in [2.45, 2.75) is 77.1 Å². The minimum atomic E-state index is -0.333. The van der Waals surface area contributed by atoms with E-state index < -0.39 is 0 Å². The van der Waals surface area contributed by atoms with Gasteiger partial charge in [-0.2, -0.15) is 5.26 Å². The van der Waals surface area contributed by atoms with Crippen LogP contribution in [0.2, 0.25) is 0 Å². The van der Waals surface area contributed by atoms with E-state index in [9.17, 15) is 10.1 Å². The first-order chi connectivity index (χ1) is 17.9. The lowest BCUT2D eigenvalue weighted by Gasteiger charge is -2.17. The van der Waals surface area contributed by atoms with Gasteiger partial charge in [-0.05, 0) is 63.6 Å². The zero-order chi connectivity index (χ0) is 26.4. The summed E-state index contributed by atoms with van der Waals surface area (Å²) in [6.07, 6.45) is 7.98. The van der Waals surface area contributed by atoms with Gasteiger partial charge in [0.1, 0.15) is 16.8 Å². The van der Waals surface area contributed by atoms with Crippen molar-refractivity contribution in [3.8, 4) is 11.8 Å². The van der Waals surface area contributed by atoms with Crippen molar-refractivity contribution in [1.29, 1.82) is 5.26 Å². The van der Waals surface area contributed by atoms with E-state index in [1.54, 1.807) is 17.4 Å². The smallest absolute Gasteiger partial charge is 0.235 e. The second kappa shape index (κ2) is 12.4. The number of nitriles is 1. The number of aryl methyl sites for hydroxylation is 3. The zero-order valence-corrected chi connectivity index (χ0v) is 23.3. The predicted octanol–water partition coefficient (Wildman–Crippen LogP) is 6.54. The summed E-state index contributed by atoms with van der Waals surface area (Å²) >= 11 is 2.87. The summed E-state index contributed by atoms with van der Waals surface area (Å²) in [6.45, 7) is 10.4. The maximum Gasteiger partial charge on any atom is 0.235 e. The van der Waals surface area contributed by atoms with Gasteiger partial charge in [0.05, 0.1) is 11.3 Å². The number of anilines is 1. The number of carbonyl (C=O) groups is 1. The number of thiophene rings is 1. The molecule has 7 nitrogen and oxygen atoms in total. The summed E-state index contributed by atoms with van der Waals surface area (Å²) in [6, 6.07) is 8.41. The van der Waals surface area contributed by atoms with Crippen molar-refractivity contribution in [2.24, 2.45) is 0 Å². The lowest BCUT2D eigenvalue weighted by atomic mass is 9.97. The van der Waals surface area contributed by atoms with E-state index in [0.717, 1.165) is 42.6 Å². The average Bonchev–Trinajstić information content (AvgIpc) is 3.40. The van der Waals surface area contributed by atoms with Crippen LogP contribution in [0.1, 0.15) is 71.7 Å². The Morgan fingerprint density at radius 2 is 2.08 bits per heavy atom. The van der Waals surface area contributed by atoms with Gasteiger partial charge in [0.2, 0.25) is 5.91 Å². The van der Waals surface area contributed by atoms with Crippen LogP contribution in [0.25, 0.3) is 0 Å². The second-order valence-corrected chi connectivity index (χ2v) is 11.4. The summed E-state index contributed by atoms with van der Waals surface area (Å²) in [5.74, 6) is 1.48.